The van der Waals surface area contributed by atoms with Gasteiger partial charge in [0.1, 0.15) is 5.60 Å². The van der Waals surface area contributed by atoms with Gasteiger partial charge in [0.25, 0.3) is 0 Å². The van der Waals surface area contributed by atoms with Gasteiger partial charge in [-0.15, -0.1) is 0 Å². The van der Waals surface area contributed by atoms with E-state index in [1.807, 2.05) is 20.8 Å². The number of para-hydroxylation sites is 1. The Hall–Kier alpha value is -1.20. The van der Waals surface area contributed by atoms with Crippen LogP contribution < -0.4 is 5.32 Å². The van der Waals surface area contributed by atoms with Gasteiger partial charge in [0.05, 0.1) is 22.9 Å². The number of carbonyl (C=O) groups is 2. The highest BCUT2D eigenvalue weighted by Crippen LogP contribution is 2.20. The molecule has 0 atom stereocenters. The molecule has 0 bridgehead atoms. The van der Waals surface area contributed by atoms with Gasteiger partial charge in [0, 0.05) is 5.75 Å². The van der Waals surface area contributed by atoms with Gasteiger partial charge in [0.15, 0.2) is 0 Å². The van der Waals surface area contributed by atoms with Gasteiger partial charge in [-0.3, -0.25) is 9.59 Å². The number of ether oxygens (including phenoxy) is 1. The van der Waals surface area contributed by atoms with Gasteiger partial charge in [-0.05, 0) is 32.9 Å². The highest BCUT2D eigenvalue weighted by atomic mass is 35.5. The van der Waals surface area contributed by atoms with Crippen molar-refractivity contribution in [2.75, 3.05) is 16.8 Å². The van der Waals surface area contributed by atoms with E-state index in [0.29, 0.717) is 22.9 Å². The van der Waals surface area contributed by atoms with Crippen LogP contribution >= 0.6 is 23.4 Å². The average molecular weight is 330 g/mol. The van der Waals surface area contributed by atoms with Crippen molar-refractivity contribution in [3.8, 4) is 0 Å². The SMILES string of the molecule is CC(C)(C)OC(=O)CCSCC(=O)Nc1ccccc1Cl. The molecule has 0 aliphatic carbocycles. The second kappa shape index (κ2) is 8.29. The van der Waals surface area contributed by atoms with Crippen molar-refractivity contribution in [2.24, 2.45) is 0 Å². The summed E-state index contributed by atoms with van der Waals surface area (Å²) in [6.07, 6.45) is 0.293. The van der Waals surface area contributed by atoms with Gasteiger partial charge in [-0.2, -0.15) is 11.8 Å². The lowest BCUT2D eigenvalue weighted by Crippen LogP contribution is -2.24. The van der Waals surface area contributed by atoms with Crippen molar-refractivity contribution >= 4 is 40.9 Å². The number of anilines is 1. The molecular weight excluding hydrogens is 310 g/mol. The smallest absolute Gasteiger partial charge is 0.307 e. The first kappa shape index (κ1) is 17.9. The van der Waals surface area contributed by atoms with E-state index in [9.17, 15) is 9.59 Å². The summed E-state index contributed by atoms with van der Waals surface area (Å²) in [6.45, 7) is 5.49. The van der Waals surface area contributed by atoms with E-state index in [0.717, 1.165) is 0 Å². The molecule has 0 saturated heterocycles. The van der Waals surface area contributed by atoms with Crippen LogP contribution in [0.1, 0.15) is 27.2 Å². The van der Waals surface area contributed by atoms with Crippen molar-refractivity contribution < 1.29 is 14.3 Å². The molecule has 6 heteroatoms. The maximum absolute atomic E-state index is 11.7. The molecule has 0 aliphatic rings. The minimum atomic E-state index is -0.469. The molecule has 1 amide bonds. The molecule has 1 aromatic rings. The quantitative estimate of drug-likeness (QED) is 0.638. The zero-order valence-electron chi connectivity index (χ0n) is 12.4. The first-order valence-corrected chi connectivity index (χ1v) is 8.15. The number of esters is 1. The lowest BCUT2D eigenvalue weighted by Gasteiger charge is -2.19. The molecule has 0 fully saturated rings. The van der Waals surface area contributed by atoms with Crippen LogP contribution in [0.2, 0.25) is 5.02 Å². The maximum Gasteiger partial charge on any atom is 0.307 e. The molecular formula is C15H20ClNO3S. The zero-order chi connectivity index (χ0) is 15.9. The van der Waals surface area contributed by atoms with E-state index in [-0.39, 0.29) is 17.6 Å². The maximum atomic E-state index is 11.7. The minimum Gasteiger partial charge on any atom is -0.460 e. The standard InChI is InChI=1S/C15H20ClNO3S/c1-15(2,3)20-14(19)8-9-21-10-13(18)17-12-7-5-4-6-11(12)16/h4-7H,8-10H2,1-3H3,(H,17,18). The van der Waals surface area contributed by atoms with E-state index in [4.69, 9.17) is 16.3 Å². The fourth-order valence-electron chi connectivity index (χ4n) is 1.46. The summed E-state index contributed by atoms with van der Waals surface area (Å²) < 4.78 is 5.19. The number of hydrogen-bond acceptors (Lipinski definition) is 4. The molecule has 4 nitrogen and oxygen atoms in total. The van der Waals surface area contributed by atoms with E-state index in [1.165, 1.54) is 11.8 Å². The monoisotopic (exact) mass is 329 g/mol. The Balaban J connectivity index is 2.23. The number of halogens is 1. The number of thioether (sulfide) groups is 1. The third-order valence-corrected chi connectivity index (χ3v) is 3.54. The summed E-state index contributed by atoms with van der Waals surface area (Å²) in [5.74, 6) is 0.428. The number of rotatable bonds is 6. The Bertz CT molecular complexity index is 500. The molecule has 21 heavy (non-hydrogen) atoms. The van der Waals surface area contributed by atoms with E-state index < -0.39 is 5.60 Å². The fraction of sp³-hybridized carbons (Fsp3) is 0.467. The van der Waals surface area contributed by atoms with Crippen molar-refractivity contribution in [3.05, 3.63) is 29.3 Å². The Morgan fingerprint density at radius 2 is 1.95 bits per heavy atom. The van der Waals surface area contributed by atoms with Crippen molar-refractivity contribution in [1.29, 1.82) is 0 Å². The van der Waals surface area contributed by atoms with Gasteiger partial charge < -0.3 is 10.1 Å². The van der Waals surface area contributed by atoms with Crippen LogP contribution in [0.15, 0.2) is 24.3 Å². The molecule has 1 rings (SSSR count). The van der Waals surface area contributed by atoms with Gasteiger partial charge >= 0.3 is 5.97 Å². The summed E-state index contributed by atoms with van der Waals surface area (Å²) in [5.41, 5.74) is 0.125. The molecule has 0 spiro atoms. The van der Waals surface area contributed by atoms with Crippen LogP contribution in [0, 0.1) is 0 Å². The topological polar surface area (TPSA) is 55.4 Å². The molecule has 0 saturated carbocycles. The second-order valence-corrected chi connectivity index (χ2v) is 6.93. The lowest BCUT2D eigenvalue weighted by atomic mass is 10.2. The predicted octanol–water partition coefficient (Wildman–Crippen LogP) is 3.74. The van der Waals surface area contributed by atoms with Crippen LogP contribution in [-0.4, -0.2) is 29.0 Å². The molecule has 0 radical (unpaired) electrons. The summed E-state index contributed by atoms with van der Waals surface area (Å²) >= 11 is 7.33. The van der Waals surface area contributed by atoms with E-state index >= 15 is 0 Å². The highest BCUT2D eigenvalue weighted by Gasteiger charge is 2.15. The third kappa shape index (κ3) is 7.97. The van der Waals surface area contributed by atoms with Gasteiger partial charge in [-0.25, -0.2) is 0 Å². The van der Waals surface area contributed by atoms with Crippen LogP contribution in [0.5, 0.6) is 0 Å². The van der Waals surface area contributed by atoms with Gasteiger partial charge in [-0.1, -0.05) is 23.7 Å². The number of hydrogen-bond donors (Lipinski definition) is 1. The van der Waals surface area contributed by atoms with Crippen LogP contribution in [0.3, 0.4) is 0 Å². The Morgan fingerprint density at radius 3 is 2.57 bits per heavy atom. The van der Waals surface area contributed by atoms with Crippen molar-refractivity contribution in [3.63, 3.8) is 0 Å². The van der Waals surface area contributed by atoms with E-state index in [2.05, 4.69) is 5.32 Å². The van der Waals surface area contributed by atoms with Crippen molar-refractivity contribution in [2.45, 2.75) is 32.8 Å². The number of carbonyl (C=O) groups excluding carboxylic acids is 2. The summed E-state index contributed by atoms with van der Waals surface area (Å²) in [7, 11) is 0. The van der Waals surface area contributed by atoms with Crippen LogP contribution in [-0.2, 0) is 14.3 Å². The molecule has 0 aliphatic heterocycles. The Morgan fingerprint density at radius 1 is 1.29 bits per heavy atom. The first-order valence-electron chi connectivity index (χ1n) is 6.62. The fourth-order valence-corrected chi connectivity index (χ4v) is 2.36. The lowest BCUT2D eigenvalue weighted by molar-refractivity contribution is -0.154. The predicted molar refractivity (Wildman–Crippen MR) is 87.9 cm³/mol. The summed E-state index contributed by atoms with van der Waals surface area (Å²) in [6, 6.07) is 7.06. The Kier molecular flexibility index (Phi) is 7.05. The molecule has 116 valence electrons. The average Bonchev–Trinajstić information content (AvgIpc) is 2.35. The third-order valence-electron chi connectivity index (χ3n) is 2.25. The summed E-state index contributed by atoms with van der Waals surface area (Å²) in [4.78, 5) is 23.2. The largest absolute Gasteiger partial charge is 0.460 e. The second-order valence-electron chi connectivity index (χ2n) is 5.42. The first-order chi connectivity index (χ1) is 9.78. The number of benzene rings is 1. The summed E-state index contributed by atoms with van der Waals surface area (Å²) in [5, 5.41) is 3.23. The normalized spacial score (nSPS) is 11.0. The number of nitrogens with one attached hydrogen (secondary N) is 1. The molecule has 0 unspecified atom stereocenters. The molecule has 1 aromatic carbocycles. The molecule has 1 N–H and O–H groups in total. The van der Waals surface area contributed by atoms with Gasteiger partial charge in [0.2, 0.25) is 5.91 Å². The Labute approximate surface area is 134 Å². The molecule has 0 heterocycles. The molecule has 0 aromatic heterocycles. The highest BCUT2D eigenvalue weighted by molar-refractivity contribution is 7.99. The minimum absolute atomic E-state index is 0.141. The van der Waals surface area contributed by atoms with Crippen molar-refractivity contribution in [1.82, 2.24) is 0 Å². The number of amides is 1. The van der Waals surface area contributed by atoms with Crippen LogP contribution in [0.4, 0.5) is 5.69 Å². The van der Waals surface area contributed by atoms with Crippen LogP contribution in [0.25, 0.3) is 0 Å². The zero-order valence-corrected chi connectivity index (χ0v) is 14.0. The van der Waals surface area contributed by atoms with E-state index in [1.54, 1.807) is 24.3 Å².